The highest BCUT2D eigenvalue weighted by Gasteiger charge is 2.06. The van der Waals surface area contributed by atoms with Crippen LogP contribution in [0.3, 0.4) is 0 Å². The summed E-state index contributed by atoms with van der Waals surface area (Å²) in [6, 6.07) is 11.5. The molecular formula is C14H10FN3O. The number of aromatic nitrogens is 1. The van der Waals surface area contributed by atoms with Crippen LogP contribution in [0.25, 0.3) is 0 Å². The van der Waals surface area contributed by atoms with Gasteiger partial charge < -0.3 is 5.32 Å². The molecule has 0 spiro atoms. The van der Waals surface area contributed by atoms with Crippen LogP contribution in [0.1, 0.15) is 21.6 Å². The first-order valence-electron chi connectivity index (χ1n) is 5.58. The third kappa shape index (κ3) is 3.36. The Kier molecular flexibility index (Phi) is 3.84. The topological polar surface area (TPSA) is 65.8 Å². The summed E-state index contributed by atoms with van der Waals surface area (Å²) in [6.07, 6.45) is 0.991. The van der Waals surface area contributed by atoms with Gasteiger partial charge in [-0.1, -0.05) is 12.1 Å². The first-order chi connectivity index (χ1) is 9.19. The predicted octanol–water partition coefficient (Wildman–Crippen LogP) is 2.02. The Hall–Kier alpha value is -2.74. The van der Waals surface area contributed by atoms with E-state index in [1.165, 1.54) is 12.1 Å². The molecule has 1 aromatic heterocycles. The summed E-state index contributed by atoms with van der Waals surface area (Å²) in [5, 5.41) is 11.4. The summed E-state index contributed by atoms with van der Waals surface area (Å²) in [6.45, 7) is 0.285. The van der Waals surface area contributed by atoms with Crippen molar-refractivity contribution in [2.75, 3.05) is 0 Å². The van der Waals surface area contributed by atoms with Gasteiger partial charge in [0.25, 0.3) is 5.91 Å². The number of hydrogen-bond acceptors (Lipinski definition) is 3. The fraction of sp³-hybridized carbons (Fsp3) is 0.0714. The number of nitriles is 1. The van der Waals surface area contributed by atoms with E-state index in [-0.39, 0.29) is 18.1 Å². The Bertz CT molecular complexity index is 632. The van der Waals surface area contributed by atoms with Gasteiger partial charge in [0.05, 0.1) is 17.8 Å². The molecule has 1 aromatic carbocycles. The maximum absolute atomic E-state index is 12.7. The van der Waals surface area contributed by atoms with Crippen molar-refractivity contribution in [3.8, 4) is 6.07 Å². The van der Waals surface area contributed by atoms with Gasteiger partial charge in [0.15, 0.2) is 0 Å². The molecule has 0 radical (unpaired) electrons. The van der Waals surface area contributed by atoms with Gasteiger partial charge in [-0.2, -0.15) is 5.26 Å². The van der Waals surface area contributed by atoms with Gasteiger partial charge in [0.1, 0.15) is 11.5 Å². The van der Waals surface area contributed by atoms with Crippen molar-refractivity contribution in [1.82, 2.24) is 10.3 Å². The lowest BCUT2D eigenvalue weighted by molar-refractivity contribution is 0.0946. The van der Waals surface area contributed by atoms with E-state index < -0.39 is 5.82 Å². The highest BCUT2D eigenvalue weighted by molar-refractivity contribution is 5.92. The molecule has 0 aliphatic carbocycles. The molecule has 0 aliphatic heterocycles. The van der Waals surface area contributed by atoms with Crippen molar-refractivity contribution in [2.24, 2.45) is 0 Å². The highest BCUT2D eigenvalue weighted by Crippen LogP contribution is 2.04. The molecule has 19 heavy (non-hydrogen) atoms. The average molecular weight is 255 g/mol. The van der Waals surface area contributed by atoms with Crippen molar-refractivity contribution < 1.29 is 9.18 Å². The van der Waals surface area contributed by atoms with E-state index in [4.69, 9.17) is 5.26 Å². The molecule has 1 amide bonds. The first kappa shape index (κ1) is 12.7. The molecule has 2 aromatic rings. The molecule has 0 unspecified atom stereocenters. The highest BCUT2D eigenvalue weighted by atomic mass is 19.1. The molecule has 2 rings (SSSR count). The number of amides is 1. The second-order valence-corrected chi connectivity index (χ2v) is 3.86. The lowest BCUT2D eigenvalue weighted by atomic mass is 10.1. The van der Waals surface area contributed by atoms with Gasteiger partial charge in [-0.15, -0.1) is 0 Å². The van der Waals surface area contributed by atoms with Crippen molar-refractivity contribution in [3.63, 3.8) is 0 Å². The Morgan fingerprint density at radius 1 is 1.37 bits per heavy atom. The van der Waals surface area contributed by atoms with E-state index in [1.807, 2.05) is 6.07 Å². The van der Waals surface area contributed by atoms with E-state index in [9.17, 15) is 9.18 Å². The van der Waals surface area contributed by atoms with Crippen LogP contribution in [0.15, 0.2) is 42.6 Å². The van der Waals surface area contributed by atoms with Crippen molar-refractivity contribution in [1.29, 1.82) is 5.26 Å². The molecule has 0 saturated carbocycles. The molecule has 1 heterocycles. The smallest absolute Gasteiger partial charge is 0.270 e. The van der Waals surface area contributed by atoms with Crippen molar-refractivity contribution in [2.45, 2.75) is 6.54 Å². The first-order valence-corrected chi connectivity index (χ1v) is 5.58. The summed E-state index contributed by atoms with van der Waals surface area (Å²) >= 11 is 0. The zero-order chi connectivity index (χ0) is 13.7. The number of nitrogens with zero attached hydrogens (tertiary/aromatic N) is 2. The second kappa shape index (κ2) is 5.74. The third-order valence-corrected chi connectivity index (χ3v) is 2.47. The van der Waals surface area contributed by atoms with Crippen LogP contribution in [0, 0.1) is 17.1 Å². The Balaban J connectivity index is 2.00. The molecular weight excluding hydrogens is 245 g/mol. The minimum Gasteiger partial charge on any atom is -0.347 e. The minimum absolute atomic E-state index is 0.151. The number of pyridine rings is 1. The molecule has 1 N–H and O–H groups in total. The summed E-state index contributed by atoms with van der Waals surface area (Å²) < 4.78 is 12.7. The fourth-order valence-corrected chi connectivity index (χ4v) is 1.53. The van der Waals surface area contributed by atoms with Gasteiger partial charge >= 0.3 is 0 Å². The van der Waals surface area contributed by atoms with Crippen molar-refractivity contribution in [3.05, 3.63) is 65.2 Å². The Morgan fingerprint density at radius 3 is 2.89 bits per heavy atom. The van der Waals surface area contributed by atoms with E-state index in [1.54, 1.807) is 24.3 Å². The van der Waals surface area contributed by atoms with Crippen LogP contribution in [-0.2, 0) is 6.54 Å². The molecule has 0 bridgehead atoms. The molecule has 4 nitrogen and oxygen atoms in total. The Morgan fingerprint density at radius 2 is 2.21 bits per heavy atom. The summed E-state index contributed by atoms with van der Waals surface area (Å²) in [5.41, 5.74) is 1.50. The van der Waals surface area contributed by atoms with E-state index >= 15 is 0 Å². The van der Waals surface area contributed by atoms with Gasteiger partial charge in [0.2, 0.25) is 0 Å². The number of halogens is 1. The summed E-state index contributed by atoms with van der Waals surface area (Å²) in [7, 11) is 0. The maximum Gasteiger partial charge on any atom is 0.270 e. The number of hydrogen-bond donors (Lipinski definition) is 1. The Labute approximate surface area is 109 Å². The van der Waals surface area contributed by atoms with Crippen LogP contribution in [-0.4, -0.2) is 10.9 Å². The van der Waals surface area contributed by atoms with Crippen LogP contribution in [0.4, 0.5) is 4.39 Å². The molecule has 94 valence electrons. The average Bonchev–Trinajstić information content (AvgIpc) is 2.46. The van der Waals surface area contributed by atoms with Gasteiger partial charge in [-0.25, -0.2) is 9.37 Å². The molecule has 0 saturated heterocycles. The third-order valence-electron chi connectivity index (χ3n) is 2.47. The van der Waals surface area contributed by atoms with Crippen LogP contribution < -0.4 is 5.32 Å². The van der Waals surface area contributed by atoms with Crippen LogP contribution in [0.5, 0.6) is 0 Å². The SMILES string of the molecule is N#Cc1cccc(CNC(=O)c2ccc(F)cn2)c1. The second-order valence-electron chi connectivity index (χ2n) is 3.86. The number of rotatable bonds is 3. The number of carbonyl (C=O) groups excluding carboxylic acids is 1. The normalized spacial score (nSPS) is 9.68. The molecule has 0 aliphatic rings. The monoisotopic (exact) mass is 255 g/mol. The zero-order valence-corrected chi connectivity index (χ0v) is 9.93. The van der Waals surface area contributed by atoms with Gasteiger partial charge in [-0.3, -0.25) is 4.79 Å². The van der Waals surface area contributed by atoms with E-state index in [0.717, 1.165) is 11.8 Å². The number of nitrogens with one attached hydrogen (secondary N) is 1. The maximum atomic E-state index is 12.7. The molecule has 0 fully saturated rings. The predicted molar refractivity (Wildman–Crippen MR) is 66.5 cm³/mol. The number of carbonyl (C=O) groups is 1. The van der Waals surface area contributed by atoms with Gasteiger partial charge in [0, 0.05) is 6.54 Å². The summed E-state index contributed by atoms with van der Waals surface area (Å²) in [4.78, 5) is 15.4. The molecule has 0 atom stereocenters. The van der Waals surface area contributed by atoms with Crippen LogP contribution >= 0.6 is 0 Å². The number of benzene rings is 1. The largest absolute Gasteiger partial charge is 0.347 e. The standard InChI is InChI=1S/C14H10FN3O/c15-12-4-5-13(17-9-12)14(19)18-8-11-3-1-2-10(6-11)7-16/h1-6,9H,8H2,(H,18,19). The quantitative estimate of drug-likeness (QED) is 0.912. The van der Waals surface area contributed by atoms with E-state index in [2.05, 4.69) is 10.3 Å². The fourth-order valence-electron chi connectivity index (χ4n) is 1.53. The minimum atomic E-state index is -0.488. The van der Waals surface area contributed by atoms with Gasteiger partial charge in [-0.05, 0) is 29.8 Å². The van der Waals surface area contributed by atoms with Crippen LogP contribution in [0.2, 0.25) is 0 Å². The lowest BCUT2D eigenvalue weighted by Crippen LogP contribution is -2.23. The van der Waals surface area contributed by atoms with E-state index in [0.29, 0.717) is 5.56 Å². The zero-order valence-electron chi connectivity index (χ0n) is 9.93. The lowest BCUT2D eigenvalue weighted by Gasteiger charge is -2.05. The molecule has 5 heteroatoms. The van der Waals surface area contributed by atoms with Crippen molar-refractivity contribution >= 4 is 5.91 Å². The summed E-state index contributed by atoms with van der Waals surface area (Å²) in [5.74, 6) is -0.874.